The predicted octanol–water partition coefficient (Wildman–Crippen LogP) is -1.46. The fraction of sp³-hybridized carbons (Fsp3) is 0. The van der Waals surface area contributed by atoms with E-state index in [1.165, 1.54) is 0 Å². The van der Waals surface area contributed by atoms with Gasteiger partial charge in [-0.1, -0.05) is 5.16 Å². The molecular formula is C3H2N6O2. The molecule has 0 spiro atoms. The summed E-state index contributed by atoms with van der Waals surface area (Å²) in [6, 6.07) is 0. The molecule has 0 saturated heterocycles. The number of aromatic nitrogens is 6. The van der Waals surface area contributed by atoms with Crippen molar-refractivity contribution in [3.05, 3.63) is 10.6 Å². The molecular weight excluding hydrogens is 152 g/mol. The number of nitrogens with zero attached hydrogens (tertiary/aromatic N) is 4. The molecule has 0 bridgehead atoms. The Balaban J connectivity index is 2.53. The fourth-order valence-electron chi connectivity index (χ4n) is 0.588. The number of rotatable bonds is 1. The Labute approximate surface area is 58.6 Å². The highest BCUT2D eigenvalue weighted by Gasteiger charge is 2.07. The lowest BCUT2D eigenvalue weighted by molar-refractivity contribution is 0.387. The summed E-state index contributed by atoms with van der Waals surface area (Å²) >= 11 is 0. The van der Waals surface area contributed by atoms with Crippen LogP contribution in [-0.2, 0) is 0 Å². The quantitative estimate of drug-likeness (QED) is 0.519. The van der Waals surface area contributed by atoms with E-state index in [0.29, 0.717) is 0 Å². The highest BCUT2D eigenvalue weighted by atomic mass is 16.5. The first kappa shape index (κ1) is 5.77. The van der Waals surface area contributed by atoms with Gasteiger partial charge in [0.25, 0.3) is 0 Å². The second-order valence-electron chi connectivity index (χ2n) is 1.68. The van der Waals surface area contributed by atoms with Crippen molar-refractivity contribution >= 4 is 0 Å². The van der Waals surface area contributed by atoms with E-state index < -0.39 is 5.76 Å². The Morgan fingerprint density at radius 1 is 1.45 bits per heavy atom. The van der Waals surface area contributed by atoms with Crippen LogP contribution in [0.25, 0.3) is 11.6 Å². The maximum absolute atomic E-state index is 10.4. The van der Waals surface area contributed by atoms with Crippen molar-refractivity contribution in [2.75, 3.05) is 0 Å². The van der Waals surface area contributed by atoms with E-state index in [9.17, 15) is 4.79 Å². The molecule has 11 heavy (non-hydrogen) atoms. The van der Waals surface area contributed by atoms with Crippen molar-refractivity contribution in [3.8, 4) is 11.6 Å². The highest BCUT2D eigenvalue weighted by Crippen LogP contribution is 2.00. The lowest BCUT2D eigenvalue weighted by Gasteiger charge is -1.76. The van der Waals surface area contributed by atoms with Gasteiger partial charge in [0.2, 0.25) is 11.6 Å². The van der Waals surface area contributed by atoms with Crippen molar-refractivity contribution in [2.24, 2.45) is 0 Å². The Morgan fingerprint density at radius 2 is 2.36 bits per heavy atom. The lowest BCUT2D eigenvalue weighted by atomic mass is 10.6. The maximum atomic E-state index is 10.4. The van der Waals surface area contributed by atoms with E-state index in [-0.39, 0.29) is 11.6 Å². The van der Waals surface area contributed by atoms with Gasteiger partial charge < -0.3 is 0 Å². The molecule has 2 heterocycles. The number of hydrogen-bond acceptors (Lipinski definition) is 6. The third kappa shape index (κ3) is 0.892. The van der Waals surface area contributed by atoms with Crippen molar-refractivity contribution in [1.82, 2.24) is 30.8 Å². The van der Waals surface area contributed by atoms with Crippen molar-refractivity contribution in [2.45, 2.75) is 0 Å². The molecule has 0 aliphatic heterocycles. The highest BCUT2D eigenvalue weighted by molar-refractivity contribution is 5.37. The zero-order valence-electron chi connectivity index (χ0n) is 5.11. The Morgan fingerprint density at radius 3 is 2.91 bits per heavy atom. The van der Waals surface area contributed by atoms with E-state index >= 15 is 0 Å². The smallest absolute Gasteiger partial charge is 0.295 e. The summed E-state index contributed by atoms with van der Waals surface area (Å²) in [5.41, 5.74) is 0. The zero-order chi connectivity index (χ0) is 7.68. The van der Waals surface area contributed by atoms with Crippen LogP contribution in [-0.4, -0.2) is 30.8 Å². The van der Waals surface area contributed by atoms with Crippen LogP contribution in [0, 0.1) is 0 Å². The molecule has 2 aromatic rings. The van der Waals surface area contributed by atoms with Crippen LogP contribution in [0.1, 0.15) is 0 Å². The van der Waals surface area contributed by atoms with E-state index in [4.69, 9.17) is 0 Å². The van der Waals surface area contributed by atoms with Crippen molar-refractivity contribution in [3.63, 3.8) is 0 Å². The molecule has 0 unspecified atom stereocenters. The molecule has 0 aliphatic carbocycles. The second kappa shape index (κ2) is 2.01. The van der Waals surface area contributed by atoms with Crippen LogP contribution in [0.4, 0.5) is 0 Å². The third-order valence-corrected chi connectivity index (χ3v) is 0.997. The Hall–Kier alpha value is -1.99. The van der Waals surface area contributed by atoms with Gasteiger partial charge in [-0.2, -0.15) is 5.21 Å². The molecule has 2 N–H and O–H groups in total. The Kier molecular flexibility index (Phi) is 1.05. The first-order chi connectivity index (χ1) is 5.36. The van der Waals surface area contributed by atoms with Gasteiger partial charge in [-0.05, 0) is 5.21 Å². The third-order valence-electron chi connectivity index (χ3n) is 0.997. The van der Waals surface area contributed by atoms with Gasteiger partial charge in [0.15, 0.2) is 0 Å². The van der Waals surface area contributed by atoms with Gasteiger partial charge in [-0.25, -0.2) is 4.79 Å². The minimum absolute atomic E-state index is 0.156. The van der Waals surface area contributed by atoms with E-state index in [1.54, 1.807) is 0 Å². The summed E-state index contributed by atoms with van der Waals surface area (Å²) in [4.78, 5) is 12.7. The van der Waals surface area contributed by atoms with Gasteiger partial charge in [0.05, 0.1) is 0 Å². The molecule has 0 radical (unpaired) electrons. The summed E-state index contributed by atoms with van der Waals surface area (Å²) in [6.45, 7) is 0. The minimum atomic E-state index is -0.648. The summed E-state index contributed by atoms with van der Waals surface area (Å²) in [7, 11) is 0. The molecule has 0 amide bonds. The average molecular weight is 154 g/mol. The molecule has 8 heteroatoms. The van der Waals surface area contributed by atoms with Crippen molar-refractivity contribution in [1.29, 1.82) is 0 Å². The van der Waals surface area contributed by atoms with Gasteiger partial charge in [0.1, 0.15) is 0 Å². The summed E-state index contributed by atoms with van der Waals surface area (Å²) < 4.78 is 4.21. The molecule has 0 aliphatic rings. The number of H-pyrrole nitrogens is 2. The van der Waals surface area contributed by atoms with Gasteiger partial charge in [-0.3, -0.25) is 9.51 Å². The molecule has 56 valence electrons. The number of nitrogens with one attached hydrogen (secondary N) is 2. The van der Waals surface area contributed by atoms with Crippen molar-refractivity contribution < 1.29 is 4.52 Å². The summed E-state index contributed by atoms with van der Waals surface area (Å²) in [6.07, 6.45) is 0. The molecule has 0 aromatic carbocycles. The predicted molar refractivity (Wildman–Crippen MR) is 30.3 cm³/mol. The molecule has 0 atom stereocenters. The average Bonchev–Trinajstić information content (AvgIpc) is 2.55. The molecule has 2 aromatic heterocycles. The number of tetrazole rings is 1. The SMILES string of the molecule is O=c1[nH]c(-c2nn[nH]n2)no1. The van der Waals surface area contributed by atoms with Crippen LogP contribution < -0.4 is 5.76 Å². The normalized spacial score (nSPS) is 10.2. The van der Waals surface area contributed by atoms with Gasteiger partial charge in [0, 0.05) is 0 Å². The standard InChI is InChI=1S/C3H2N6O2/c10-3-4-1(7-11-3)2-5-8-9-6-2/h(H,4,7,10)(H,5,6,8,9). The van der Waals surface area contributed by atoms with E-state index in [0.717, 1.165) is 0 Å². The summed E-state index contributed by atoms with van der Waals surface area (Å²) in [5, 5.41) is 15.9. The fourth-order valence-corrected chi connectivity index (χ4v) is 0.588. The largest absolute Gasteiger partial charge is 0.439 e. The van der Waals surface area contributed by atoms with E-state index in [1.807, 2.05) is 0 Å². The molecule has 2 rings (SSSR count). The molecule has 0 fully saturated rings. The topological polar surface area (TPSA) is 113 Å². The van der Waals surface area contributed by atoms with Crippen LogP contribution >= 0.6 is 0 Å². The number of aromatic amines is 2. The molecule has 8 nitrogen and oxygen atoms in total. The van der Waals surface area contributed by atoms with Crippen LogP contribution in [0.15, 0.2) is 9.32 Å². The molecule has 0 saturated carbocycles. The van der Waals surface area contributed by atoms with Gasteiger partial charge >= 0.3 is 5.76 Å². The first-order valence-corrected chi connectivity index (χ1v) is 2.66. The Bertz CT molecular complexity index is 384. The maximum Gasteiger partial charge on any atom is 0.439 e. The number of hydrogen-bond donors (Lipinski definition) is 2. The van der Waals surface area contributed by atoms with Crippen LogP contribution in [0.3, 0.4) is 0 Å². The summed E-state index contributed by atoms with van der Waals surface area (Å²) in [5.74, 6) is -0.301. The first-order valence-electron chi connectivity index (χ1n) is 2.66. The van der Waals surface area contributed by atoms with Crippen LogP contribution in [0.2, 0.25) is 0 Å². The van der Waals surface area contributed by atoms with E-state index in [2.05, 4.69) is 35.3 Å². The lowest BCUT2D eigenvalue weighted by Crippen LogP contribution is -1.95. The minimum Gasteiger partial charge on any atom is -0.295 e. The second-order valence-corrected chi connectivity index (χ2v) is 1.68. The monoisotopic (exact) mass is 154 g/mol. The van der Waals surface area contributed by atoms with Gasteiger partial charge in [-0.15, -0.1) is 10.2 Å². The zero-order valence-corrected chi connectivity index (χ0v) is 5.11. The van der Waals surface area contributed by atoms with Crippen LogP contribution in [0.5, 0.6) is 0 Å².